The summed E-state index contributed by atoms with van der Waals surface area (Å²) in [6.45, 7) is 5.32. The first kappa shape index (κ1) is 15.1. The zero-order chi connectivity index (χ0) is 16.7. The number of carbonyl (C=O) groups excluding carboxylic acids is 1. The van der Waals surface area contributed by atoms with Gasteiger partial charge >= 0.3 is 5.97 Å². The summed E-state index contributed by atoms with van der Waals surface area (Å²) in [6.07, 6.45) is -0.0653. The fraction of sp³-hybridized carbons (Fsp3) is 0.263. The van der Waals surface area contributed by atoms with E-state index in [1.165, 1.54) is 4.70 Å². The summed E-state index contributed by atoms with van der Waals surface area (Å²) in [5.41, 5.74) is 3.70. The van der Waals surface area contributed by atoms with Crippen molar-refractivity contribution in [3.8, 4) is 0 Å². The molecular weight excluding hydrogens is 320 g/mol. The van der Waals surface area contributed by atoms with Crippen molar-refractivity contribution >= 4 is 32.7 Å². The van der Waals surface area contributed by atoms with Gasteiger partial charge in [0.15, 0.2) is 5.13 Å². The third kappa shape index (κ3) is 2.76. The number of fused-ring (bicyclic) bond motifs is 1. The number of para-hydroxylation sites is 1. The summed E-state index contributed by atoms with van der Waals surface area (Å²) in [5, 5.41) is 0.996. The molecule has 1 saturated heterocycles. The van der Waals surface area contributed by atoms with Gasteiger partial charge in [-0.3, -0.25) is 0 Å². The first-order chi connectivity index (χ1) is 11.6. The van der Waals surface area contributed by atoms with Crippen molar-refractivity contribution < 1.29 is 9.53 Å². The molecular formula is C19H18N2O2S. The number of hydrogen-bond acceptors (Lipinski definition) is 5. The van der Waals surface area contributed by atoms with Gasteiger partial charge in [-0.05, 0) is 37.6 Å². The molecule has 24 heavy (non-hydrogen) atoms. The van der Waals surface area contributed by atoms with E-state index in [2.05, 4.69) is 16.0 Å². The molecule has 0 atom stereocenters. The summed E-state index contributed by atoms with van der Waals surface area (Å²) >= 11 is 1.68. The molecule has 0 amide bonds. The second-order valence-corrected chi connectivity index (χ2v) is 7.22. The largest absolute Gasteiger partial charge is 0.455 e. The topological polar surface area (TPSA) is 42.4 Å². The number of benzene rings is 2. The number of hydrogen-bond donors (Lipinski definition) is 0. The SMILES string of the molecule is Cc1ccc(C)c(C(=O)OC2CN(c3nc4ccccc4s3)C2)c1. The maximum atomic E-state index is 12.4. The standard InChI is InChI=1S/C19H18N2O2S/c1-12-7-8-13(2)15(9-12)18(22)23-14-10-21(11-14)19-20-16-5-3-4-6-17(16)24-19/h3-9,14H,10-11H2,1-2H3. The molecule has 2 heterocycles. The van der Waals surface area contributed by atoms with Crippen molar-refractivity contribution in [1.29, 1.82) is 0 Å². The van der Waals surface area contributed by atoms with Crippen molar-refractivity contribution in [2.45, 2.75) is 20.0 Å². The average Bonchev–Trinajstić information content (AvgIpc) is 2.95. The van der Waals surface area contributed by atoms with Crippen LogP contribution in [-0.2, 0) is 4.74 Å². The molecule has 0 saturated carbocycles. The highest BCUT2D eigenvalue weighted by atomic mass is 32.1. The normalized spacial score (nSPS) is 14.7. The van der Waals surface area contributed by atoms with E-state index in [0.717, 1.165) is 21.8 Å². The Morgan fingerprint density at radius 2 is 2.00 bits per heavy atom. The average molecular weight is 338 g/mol. The smallest absolute Gasteiger partial charge is 0.338 e. The van der Waals surface area contributed by atoms with Crippen LogP contribution in [0.25, 0.3) is 10.2 Å². The summed E-state index contributed by atoms with van der Waals surface area (Å²) in [4.78, 5) is 19.1. The van der Waals surface area contributed by atoms with Crippen molar-refractivity contribution in [2.75, 3.05) is 18.0 Å². The van der Waals surface area contributed by atoms with Gasteiger partial charge in [0.1, 0.15) is 6.10 Å². The van der Waals surface area contributed by atoms with E-state index < -0.39 is 0 Å². The Morgan fingerprint density at radius 3 is 2.79 bits per heavy atom. The number of ether oxygens (including phenoxy) is 1. The second kappa shape index (κ2) is 5.91. The number of aryl methyl sites for hydroxylation is 2. The van der Waals surface area contributed by atoms with E-state index in [1.54, 1.807) is 11.3 Å². The van der Waals surface area contributed by atoms with Crippen molar-refractivity contribution in [1.82, 2.24) is 4.98 Å². The van der Waals surface area contributed by atoms with E-state index >= 15 is 0 Å². The molecule has 0 radical (unpaired) electrons. The molecule has 3 aromatic rings. The molecule has 0 N–H and O–H groups in total. The third-order valence-electron chi connectivity index (χ3n) is 4.29. The first-order valence-electron chi connectivity index (χ1n) is 7.99. The molecule has 1 aliphatic rings. The molecule has 4 rings (SSSR count). The summed E-state index contributed by atoms with van der Waals surface area (Å²) in [5.74, 6) is -0.231. The van der Waals surface area contributed by atoms with Crippen LogP contribution in [0.4, 0.5) is 5.13 Å². The first-order valence-corrected chi connectivity index (χ1v) is 8.80. The van der Waals surface area contributed by atoms with Crippen LogP contribution in [0.3, 0.4) is 0 Å². The third-order valence-corrected chi connectivity index (χ3v) is 5.39. The molecule has 1 aromatic heterocycles. The van der Waals surface area contributed by atoms with Crippen LogP contribution < -0.4 is 4.90 Å². The fourth-order valence-electron chi connectivity index (χ4n) is 2.83. The van der Waals surface area contributed by atoms with E-state index in [0.29, 0.717) is 18.7 Å². The van der Waals surface area contributed by atoms with E-state index in [-0.39, 0.29) is 12.1 Å². The van der Waals surface area contributed by atoms with Gasteiger partial charge < -0.3 is 9.64 Å². The Bertz CT molecular complexity index is 880. The molecule has 0 bridgehead atoms. The molecule has 0 spiro atoms. The molecule has 5 heteroatoms. The van der Waals surface area contributed by atoms with Gasteiger partial charge in [-0.15, -0.1) is 0 Å². The van der Waals surface area contributed by atoms with E-state index in [9.17, 15) is 4.79 Å². The number of rotatable bonds is 3. The lowest BCUT2D eigenvalue weighted by Crippen LogP contribution is -2.53. The van der Waals surface area contributed by atoms with Gasteiger partial charge in [-0.2, -0.15) is 0 Å². The minimum absolute atomic E-state index is 0.0653. The molecule has 2 aromatic carbocycles. The predicted octanol–water partition coefficient (Wildman–Crippen LogP) is 3.96. The number of anilines is 1. The van der Waals surface area contributed by atoms with Crippen LogP contribution in [-0.4, -0.2) is 30.1 Å². The number of esters is 1. The molecule has 0 unspecified atom stereocenters. The Kier molecular flexibility index (Phi) is 3.73. The van der Waals surface area contributed by atoms with Crippen LogP contribution in [0.1, 0.15) is 21.5 Å². The van der Waals surface area contributed by atoms with Gasteiger partial charge in [-0.1, -0.05) is 41.2 Å². The Labute approximate surface area is 144 Å². The molecule has 4 nitrogen and oxygen atoms in total. The maximum Gasteiger partial charge on any atom is 0.338 e. The monoisotopic (exact) mass is 338 g/mol. The molecule has 1 aliphatic heterocycles. The number of carbonyl (C=O) groups is 1. The van der Waals surface area contributed by atoms with Gasteiger partial charge in [0, 0.05) is 0 Å². The van der Waals surface area contributed by atoms with Crippen molar-refractivity contribution in [3.63, 3.8) is 0 Å². The lowest BCUT2D eigenvalue weighted by atomic mass is 10.1. The van der Waals surface area contributed by atoms with Crippen LogP contribution >= 0.6 is 11.3 Å². The molecule has 1 fully saturated rings. The fourth-order valence-corrected chi connectivity index (χ4v) is 3.82. The number of thiazole rings is 1. The Morgan fingerprint density at radius 1 is 1.21 bits per heavy atom. The van der Waals surface area contributed by atoms with Crippen molar-refractivity contribution in [2.24, 2.45) is 0 Å². The Balaban J connectivity index is 1.40. The Hall–Kier alpha value is -2.40. The zero-order valence-corrected chi connectivity index (χ0v) is 14.5. The van der Waals surface area contributed by atoms with E-state index in [4.69, 9.17) is 4.74 Å². The van der Waals surface area contributed by atoms with Gasteiger partial charge in [0.2, 0.25) is 0 Å². The minimum atomic E-state index is -0.231. The predicted molar refractivity (Wildman–Crippen MR) is 97.0 cm³/mol. The van der Waals surface area contributed by atoms with Crippen molar-refractivity contribution in [3.05, 3.63) is 59.2 Å². The summed E-state index contributed by atoms with van der Waals surface area (Å²) in [7, 11) is 0. The maximum absolute atomic E-state index is 12.4. The zero-order valence-electron chi connectivity index (χ0n) is 13.7. The lowest BCUT2D eigenvalue weighted by Gasteiger charge is -2.38. The quantitative estimate of drug-likeness (QED) is 0.678. The van der Waals surface area contributed by atoms with Crippen LogP contribution in [0, 0.1) is 13.8 Å². The van der Waals surface area contributed by atoms with Crippen LogP contribution in [0.15, 0.2) is 42.5 Å². The highest BCUT2D eigenvalue weighted by Crippen LogP contribution is 2.32. The number of aromatic nitrogens is 1. The summed E-state index contributed by atoms with van der Waals surface area (Å²) < 4.78 is 6.81. The highest BCUT2D eigenvalue weighted by Gasteiger charge is 2.32. The summed E-state index contributed by atoms with van der Waals surface area (Å²) in [6, 6.07) is 14.0. The second-order valence-electron chi connectivity index (χ2n) is 6.21. The molecule has 0 aliphatic carbocycles. The highest BCUT2D eigenvalue weighted by molar-refractivity contribution is 7.22. The van der Waals surface area contributed by atoms with Crippen LogP contribution in [0.5, 0.6) is 0 Å². The van der Waals surface area contributed by atoms with E-state index in [1.807, 2.05) is 50.2 Å². The minimum Gasteiger partial charge on any atom is -0.455 e. The van der Waals surface area contributed by atoms with Gasteiger partial charge in [0.25, 0.3) is 0 Å². The van der Waals surface area contributed by atoms with Gasteiger partial charge in [0.05, 0.1) is 28.9 Å². The lowest BCUT2D eigenvalue weighted by molar-refractivity contribution is 0.0233. The van der Waals surface area contributed by atoms with Crippen LogP contribution in [0.2, 0.25) is 0 Å². The molecule has 122 valence electrons. The van der Waals surface area contributed by atoms with Gasteiger partial charge in [-0.25, -0.2) is 9.78 Å². The number of nitrogens with zero attached hydrogens (tertiary/aromatic N) is 2.